The molecule has 3 rings (SSSR count). The predicted octanol–water partition coefficient (Wildman–Crippen LogP) is 3.09. The first-order valence-electron chi connectivity index (χ1n) is 7.08. The molecule has 126 valence electrons. The third-order valence-electron chi connectivity index (χ3n) is 3.89. The van der Waals surface area contributed by atoms with E-state index in [1.54, 1.807) is 12.1 Å². The molecule has 1 aliphatic rings. The Hall–Kier alpha value is -2.68. The second-order valence-electron chi connectivity index (χ2n) is 5.40. The lowest BCUT2D eigenvalue weighted by molar-refractivity contribution is -0.386. The average Bonchev–Trinajstić information content (AvgIpc) is 2.92. The maximum Gasteiger partial charge on any atom is 0.410 e. The van der Waals surface area contributed by atoms with Crippen LogP contribution in [0.2, 0.25) is 0 Å². The molecule has 2 aromatic carbocycles. The molecule has 1 unspecified atom stereocenters. The molecule has 1 amide bonds. The molecule has 9 heteroatoms. The number of hydrogen-bond donors (Lipinski definition) is 1. The van der Waals surface area contributed by atoms with Gasteiger partial charge >= 0.3 is 6.18 Å². The Morgan fingerprint density at radius 1 is 1.21 bits per heavy atom. The minimum Gasteiger partial charge on any atom is -0.288 e. The molecule has 1 saturated heterocycles. The number of nitro groups is 1. The Morgan fingerprint density at radius 2 is 1.92 bits per heavy atom. The quantitative estimate of drug-likeness (QED) is 0.689. The number of hydrogen-bond acceptors (Lipinski definition) is 4. The summed E-state index contributed by atoms with van der Waals surface area (Å²) in [7, 11) is 0. The zero-order valence-corrected chi connectivity index (χ0v) is 12.2. The molecule has 1 atom stereocenters. The Balaban J connectivity index is 2.28. The largest absolute Gasteiger partial charge is 0.410 e. The van der Waals surface area contributed by atoms with Gasteiger partial charge in [-0.1, -0.05) is 24.3 Å². The van der Waals surface area contributed by atoms with E-state index in [0.29, 0.717) is 5.39 Å². The maximum absolute atomic E-state index is 13.7. The van der Waals surface area contributed by atoms with E-state index in [4.69, 9.17) is 0 Å². The van der Waals surface area contributed by atoms with Crippen LogP contribution in [0.25, 0.3) is 10.8 Å². The number of halogens is 3. The second kappa shape index (κ2) is 5.75. The van der Waals surface area contributed by atoms with Crippen molar-refractivity contribution in [3.05, 3.63) is 52.1 Å². The lowest BCUT2D eigenvalue weighted by atomic mass is 9.96. The first-order chi connectivity index (χ1) is 11.3. The number of alkyl halides is 3. The normalized spacial score (nSPS) is 17.0. The fraction of sp³-hybridized carbons (Fsp3) is 0.267. The molecule has 0 aromatic heterocycles. The highest BCUT2D eigenvalue weighted by molar-refractivity contribution is 5.89. The van der Waals surface area contributed by atoms with E-state index in [9.17, 15) is 28.1 Å². The van der Waals surface area contributed by atoms with Gasteiger partial charge in [0.15, 0.2) is 6.04 Å². The average molecular weight is 339 g/mol. The number of rotatable bonds is 3. The molecule has 0 saturated carbocycles. The van der Waals surface area contributed by atoms with Crippen molar-refractivity contribution in [2.75, 3.05) is 6.54 Å². The SMILES string of the molecule is O=C1CCN(C(c2c([N+](=O)[O-])ccc3ccccc23)C(F)(F)F)N1. The van der Waals surface area contributed by atoms with Crippen molar-refractivity contribution in [3.8, 4) is 0 Å². The Labute approximate surface area is 134 Å². The smallest absolute Gasteiger partial charge is 0.288 e. The van der Waals surface area contributed by atoms with E-state index >= 15 is 0 Å². The highest BCUT2D eigenvalue weighted by Crippen LogP contribution is 2.44. The summed E-state index contributed by atoms with van der Waals surface area (Å²) in [6, 6.07) is 6.33. The van der Waals surface area contributed by atoms with E-state index < -0.39 is 34.3 Å². The van der Waals surface area contributed by atoms with Gasteiger partial charge in [0.1, 0.15) is 0 Å². The molecule has 1 aliphatic heterocycles. The van der Waals surface area contributed by atoms with Crippen LogP contribution in [-0.2, 0) is 4.79 Å². The minimum atomic E-state index is -4.80. The molecule has 0 aliphatic carbocycles. The first kappa shape index (κ1) is 16.2. The molecule has 2 aromatic rings. The van der Waals surface area contributed by atoms with Crippen LogP contribution in [0.15, 0.2) is 36.4 Å². The van der Waals surface area contributed by atoms with Gasteiger partial charge in [-0.3, -0.25) is 20.3 Å². The van der Waals surface area contributed by atoms with Crippen LogP contribution in [0, 0.1) is 10.1 Å². The molecule has 0 radical (unpaired) electrons. The lowest BCUT2D eigenvalue weighted by Gasteiger charge is -2.29. The van der Waals surface area contributed by atoms with Crippen molar-refractivity contribution in [1.82, 2.24) is 10.4 Å². The molecule has 1 heterocycles. The number of nitrogens with one attached hydrogen (secondary N) is 1. The fourth-order valence-corrected chi connectivity index (χ4v) is 2.91. The van der Waals surface area contributed by atoms with Gasteiger partial charge in [0.25, 0.3) is 5.69 Å². The first-order valence-corrected chi connectivity index (χ1v) is 7.08. The predicted molar refractivity (Wildman–Crippen MR) is 78.9 cm³/mol. The van der Waals surface area contributed by atoms with Crippen LogP contribution in [-0.4, -0.2) is 28.6 Å². The molecule has 24 heavy (non-hydrogen) atoms. The summed E-state index contributed by atoms with van der Waals surface area (Å²) in [4.78, 5) is 21.8. The standard InChI is InChI=1S/C15H12F3N3O3/c16-15(17,18)14(20-8-7-12(22)19-20)13-10-4-2-1-3-9(10)5-6-11(13)21(23)24/h1-6,14H,7-8H2,(H,19,22). The van der Waals surface area contributed by atoms with Crippen molar-refractivity contribution >= 4 is 22.4 Å². The minimum absolute atomic E-state index is 0.0921. The fourth-order valence-electron chi connectivity index (χ4n) is 2.91. The van der Waals surface area contributed by atoms with Gasteiger partial charge in [0, 0.05) is 19.0 Å². The highest BCUT2D eigenvalue weighted by atomic mass is 19.4. The van der Waals surface area contributed by atoms with Gasteiger partial charge in [-0.05, 0) is 16.8 Å². The van der Waals surface area contributed by atoms with Crippen molar-refractivity contribution in [1.29, 1.82) is 0 Å². The van der Waals surface area contributed by atoms with E-state index in [-0.39, 0.29) is 18.4 Å². The monoisotopic (exact) mass is 339 g/mol. The molecule has 1 fully saturated rings. The third kappa shape index (κ3) is 2.78. The van der Waals surface area contributed by atoms with Crippen molar-refractivity contribution < 1.29 is 22.9 Å². The van der Waals surface area contributed by atoms with Crippen LogP contribution < -0.4 is 5.43 Å². The summed E-state index contributed by atoms with van der Waals surface area (Å²) in [5.41, 5.74) is 1.05. The second-order valence-corrected chi connectivity index (χ2v) is 5.40. The van der Waals surface area contributed by atoms with Gasteiger partial charge in [-0.15, -0.1) is 0 Å². The highest BCUT2D eigenvalue weighted by Gasteiger charge is 2.50. The van der Waals surface area contributed by atoms with Crippen molar-refractivity contribution in [2.24, 2.45) is 0 Å². The van der Waals surface area contributed by atoms with Crippen LogP contribution in [0.5, 0.6) is 0 Å². The number of nitro benzene ring substituents is 1. The Bertz CT molecular complexity index is 822. The summed E-state index contributed by atoms with van der Waals surface area (Å²) in [5, 5.41) is 12.6. The number of nitrogens with zero attached hydrogens (tertiary/aromatic N) is 2. The van der Waals surface area contributed by atoms with Crippen molar-refractivity contribution in [2.45, 2.75) is 18.6 Å². The number of benzene rings is 2. The molecule has 1 N–H and O–H groups in total. The van der Waals surface area contributed by atoms with Gasteiger partial charge < -0.3 is 0 Å². The summed E-state index contributed by atoms with van der Waals surface area (Å²) < 4.78 is 41.2. The molecular formula is C15H12F3N3O3. The number of amides is 1. The van der Waals surface area contributed by atoms with Crippen LogP contribution >= 0.6 is 0 Å². The number of carbonyl (C=O) groups is 1. The molecule has 0 spiro atoms. The third-order valence-corrected chi connectivity index (χ3v) is 3.89. The van der Waals surface area contributed by atoms with Crippen LogP contribution in [0.3, 0.4) is 0 Å². The zero-order valence-electron chi connectivity index (χ0n) is 12.2. The number of carbonyl (C=O) groups excluding carboxylic acids is 1. The number of hydrazine groups is 1. The lowest BCUT2D eigenvalue weighted by Crippen LogP contribution is -2.44. The topological polar surface area (TPSA) is 75.5 Å². The summed E-state index contributed by atoms with van der Waals surface area (Å²) in [6.07, 6.45) is -4.89. The van der Waals surface area contributed by atoms with Crippen LogP contribution in [0.4, 0.5) is 18.9 Å². The maximum atomic E-state index is 13.7. The molecule has 6 nitrogen and oxygen atoms in total. The summed E-state index contributed by atoms with van der Waals surface area (Å²) >= 11 is 0. The van der Waals surface area contributed by atoms with Gasteiger partial charge in [-0.25, -0.2) is 5.01 Å². The zero-order chi connectivity index (χ0) is 17.5. The Kier molecular flexibility index (Phi) is 3.88. The summed E-state index contributed by atoms with van der Waals surface area (Å²) in [5.74, 6) is -0.549. The summed E-state index contributed by atoms with van der Waals surface area (Å²) in [6.45, 7) is -0.177. The van der Waals surface area contributed by atoms with Gasteiger partial charge in [-0.2, -0.15) is 13.2 Å². The molecule has 0 bridgehead atoms. The van der Waals surface area contributed by atoms with E-state index in [0.717, 1.165) is 11.1 Å². The van der Waals surface area contributed by atoms with E-state index in [2.05, 4.69) is 5.43 Å². The molecular weight excluding hydrogens is 327 g/mol. The van der Waals surface area contributed by atoms with Gasteiger partial charge in [0.2, 0.25) is 5.91 Å². The number of fused-ring (bicyclic) bond motifs is 1. The van der Waals surface area contributed by atoms with E-state index in [1.807, 2.05) is 0 Å². The van der Waals surface area contributed by atoms with Gasteiger partial charge in [0.05, 0.1) is 10.5 Å². The Morgan fingerprint density at radius 3 is 2.50 bits per heavy atom. The van der Waals surface area contributed by atoms with Crippen molar-refractivity contribution in [3.63, 3.8) is 0 Å². The van der Waals surface area contributed by atoms with E-state index in [1.165, 1.54) is 18.2 Å². The van der Waals surface area contributed by atoms with Crippen LogP contribution in [0.1, 0.15) is 18.0 Å².